The Labute approximate surface area is 278 Å². The number of nitrogens with one attached hydrogen (secondary N) is 1. The summed E-state index contributed by atoms with van der Waals surface area (Å²) in [5.74, 6) is 0.520. The number of pyridine rings is 2. The molecule has 1 aliphatic heterocycles. The van der Waals surface area contributed by atoms with Crippen LogP contribution in [0.4, 0.5) is 13.2 Å². The first-order valence-corrected chi connectivity index (χ1v) is 15.8. The summed E-state index contributed by atoms with van der Waals surface area (Å²) in [4.78, 5) is 45.6. The van der Waals surface area contributed by atoms with Crippen LogP contribution in [0.3, 0.4) is 0 Å². The number of nitrogens with zero attached hydrogens (tertiary/aromatic N) is 3. The largest absolute Gasteiger partial charge is 0.481 e. The highest BCUT2D eigenvalue weighted by Crippen LogP contribution is 2.34. The van der Waals surface area contributed by atoms with E-state index >= 15 is 0 Å². The van der Waals surface area contributed by atoms with Crippen molar-refractivity contribution in [3.63, 3.8) is 0 Å². The van der Waals surface area contributed by atoms with Crippen molar-refractivity contribution >= 4 is 11.9 Å². The van der Waals surface area contributed by atoms with Crippen molar-refractivity contribution in [2.75, 3.05) is 26.7 Å². The quantitative estimate of drug-likeness (QED) is 0.238. The number of hydrogen-bond donors (Lipinski definition) is 2. The number of carboxylic acids is 1. The van der Waals surface area contributed by atoms with E-state index in [1.54, 1.807) is 13.2 Å². The van der Waals surface area contributed by atoms with E-state index in [-0.39, 0.29) is 30.4 Å². The van der Waals surface area contributed by atoms with Crippen molar-refractivity contribution in [1.29, 1.82) is 0 Å². The third kappa shape index (κ3) is 8.51. The van der Waals surface area contributed by atoms with Crippen molar-refractivity contribution in [1.82, 2.24) is 19.8 Å². The van der Waals surface area contributed by atoms with Gasteiger partial charge in [-0.2, -0.15) is 13.2 Å². The van der Waals surface area contributed by atoms with Crippen LogP contribution in [0.15, 0.2) is 47.5 Å². The molecule has 1 saturated heterocycles. The monoisotopic (exact) mass is 666 g/mol. The molecule has 1 aromatic carbocycles. The standard InChI is InChI=1S/C36H41F3N4O5/c1-7-29-27(34-22(4)9-8-10-23(34)5)14-25(17-40-29)30(16-33(45)46)41-35(47)31(13-21(2)3)43-18-24(11-12-42-19-26(20-42)48-6)28(15-32(43)44)36(37,38)39/h1,8-10,14-15,17-18,21,26,30-31H,11-13,16,19-20H2,2-6H3,(H,41,47)(H,45,46)/t30-,31-/m0/s1. The number of halogens is 3. The van der Waals surface area contributed by atoms with E-state index in [9.17, 15) is 32.7 Å². The van der Waals surface area contributed by atoms with Crippen LogP contribution < -0.4 is 10.9 Å². The number of aryl methyl sites for hydroxylation is 2. The van der Waals surface area contributed by atoms with Gasteiger partial charge in [-0.25, -0.2) is 4.98 Å². The zero-order chi connectivity index (χ0) is 35.3. The van der Waals surface area contributed by atoms with Crippen LogP contribution in [-0.2, 0) is 26.9 Å². The Bertz CT molecular complexity index is 1740. The van der Waals surface area contributed by atoms with E-state index in [1.165, 1.54) is 6.20 Å². The van der Waals surface area contributed by atoms with Crippen molar-refractivity contribution in [2.45, 2.75) is 71.3 Å². The number of alkyl halides is 3. The van der Waals surface area contributed by atoms with Gasteiger partial charge in [0, 0.05) is 50.8 Å². The SMILES string of the molecule is C#Cc1ncc([C@H](CC(=O)O)NC(=O)[C@H](CC(C)C)n2cc(CCN3CC(OC)C3)c(C(F)(F)F)cc2=O)cc1-c1c(C)cccc1C. The smallest absolute Gasteiger partial charge is 0.416 e. The summed E-state index contributed by atoms with van der Waals surface area (Å²) in [7, 11) is 1.58. The Morgan fingerprint density at radius 2 is 1.85 bits per heavy atom. The van der Waals surface area contributed by atoms with Gasteiger partial charge in [-0.3, -0.25) is 19.3 Å². The van der Waals surface area contributed by atoms with Crippen LogP contribution in [0.5, 0.6) is 0 Å². The summed E-state index contributed by atoms with van der Waals surface area (Å²) in [6.07, 6.45) is 3.13. The average molecular weight is 667 g/mol. The zero-order valence-electron chi connectivity index (χ0n) is 27.7. The number of amides is 1. The lowest BCUT2D eigenvalue weighted by atomic mass is 9.92. The molecule has 2 atom stereocenters. The fraction of sp³-hybridized carbons (Fsp3) is 0.444. The molecule has 12 heteroatoms. The first-order chi connectivity index (χ1) is 22.6. The molecule has 48 heavy (non-hydrogen) atoms. The molecule has 0 aliphatic carbocycles. The summed E-state index contributed by atoms with van der Waals surface area (Å²) < 4.78 is 48.5. The third-order valence-corrected chi connectivity index (χ3v) is 8.65. The number of carbonyl (C=O) groups is 2. The minimum Gasteiger partial charge on any atom is -0.481 e. The molecule has 0 bridgehead atoms. The minimum absolute atomic E-state index is 0.00247. The molecule has 0 saturated carbocycles. The highest BCUT2D eigenvalue weighted by Gasteiger charge is 2.36. The second-order valence-electron chi connectivity index (χ2n) is 12.7. The van der Waals surface area contributed by atoms with Gasteiger partial charge >= 0.3 is 12.1 Å². The number of methoxy groups -OCH3 is 1. The number of benzene rings is 1. The maximum atomic E-state index is 14.1. The molecule has 1 fully saturated rings. The van der Waals surface area contributed by atoms with Crippen molar-refractivity contribution < 1.29 is 32.6 Å². The zero-order valence-corrected chi connectivity index (χ0v) is 27.7. The number of carbonyl (C=O) groups excluding carboxylic acids is 1. The number of carboxylic acid groups (broad SMARTS) is 1. The maximum Gasteiger partial charge on any atom is 0.416 e. The average Bonchev–Trinajstić information content (AvgIpc) is 2.98. The van der Waals surface area contributed by atoms with Gasteiger partial charge in [-0.05, 0) is 72.4 Å². The number of ether oxygens (including phenoxy) is 1. The molecule has 3 aromatic rings. The molecule has 2 N–H and O–H groups in total. The van der Waals surface area contributed by atoms with Crippen LogP contribution >= 0.6 is 0 Å². The van der Waals surface area contributed by atoms with E-state index in [1.807, 2.05) is 50.8 Å². The van der Waals surface area contributed by atoms with Crippen LogP contribution in [0.2, 0.25) is 0 Å². The first kappa shape index (κ1) is 36.4. The number of likely N-dealkylation sites (tertiary alicyclic amines) is 1. The number of rotatable bonds is 13. The Morgan fingerprint density at radius 3 is 2.42 bits per heavy atom. The summed E-state index contributed by atoms with van der Waals surface area (Å²) >= 11 is 0. The molecule has 0 spiro atoms. The highest BCUT2D eigenvalue weighted by molar-refractivity contribution is 5.82. The van der Waals surface area contributed by atoms with Gasteiger partial charge < -0.3 is 19.7 Å². The summed E-state index contributed by atoms with van der Waals surface area (Å²) in [5.41, 5.74) is 1.84. The molecule has 3 heterocycles. The van der Waals surface area contributed by atoms with Gasteiger partial charge in [0.1, 0.15) is 11.7 Å². The van der Waals surface area contributed by atoms with E-state index in [2.05, 4.69) is 16.2 Å². The fourth-order valence-corrected chi connectivity index (χ4v) is 6.14. The van der Waals surface area contributed by atoms with Gasteiger partial charge in [-0.1, -0.05) is 32.0 Å². The lowest BCUT2D eigenvalue weighted by Gasteiger charge is -2.38. The van der Waals surface area contributed by atoms with E-state index in [0.717, 1.165) is 27.5 Å². The first-order valence-electron chi connectivity index (χ1n) is 15.8. The summed E-state index contributed by atoms with van der Waals surface area (Å²) in [5, 5.41) is 12.6. The number of aliphatic carboxylic acids is 1. The van der Waals surface area contributed by atoms with Gasteiger partial charge in [0.15, 0.2) is 0 Å². The molecular weight excluding hydrogens is 625 g/mol. The maximum absolute atomic E-state index is 14.1. The molecule has 4 rings (SSSR count). The van der Waals surface area contributed by atoms with E-state index < -0.39 is 47.7 Å². The molecular formula is C36H41F3N4O5. The number of terminal acetylenes is 1. The second-order valence-corrected chi connectivity index (χ2v) is 12.7. The van der Waals surface area contributed by atoms with Gasteiger partial charge in [0.05, 0.1) is 24.1 Å². The van der Waals surface area contributed by atoms with Crippen LogP contribution in [-0.4, -0.2) is 64.3 Å². The predicted octanol–water partition coefficient (Wildman–Crippen LogP) is 5.32. The van der Waals surface area contributed by atoms with Crippen molar-refractivity contribution in [2.24, 2.45) is 5.92 Å². The minimum atomic E-state index is -4.77. The molecule has 1 amide bonds. The Morgan fingerprint density at radius 1 is 1.19 bits per heavy atom. The fourth-order valence-electron chi connectivity index (χ4n) is 6.14. The van der Waals surface area contributed by atoms with E-state index in [0.29, 0.717) is 42.5 Å². The van der Waals surface area contributed by atoms with Crippen molar-refractivity contribution in [3.8, 4) is 23.5 Å². The lowest BCUT2D eigenvalue weighted by molar-refractivity contribution is -0.139. The third-order valence-electron chi connectivity index (χ3n) is 8.65. The topological polar surface area (TPSA) is 114 Å². The van der Waals surface area contributed by atoms with Crippen LogP contribution in [0.1, 0.15) is 72.3 Å². The summed E-state index contributed by atoms with van der Waals surface area (Å²) in [6.45, 7) is 8.95. The lowest BCUT2D eigenvalue weighted by Crippen LogP contribution is -2.52. The predicted molar refractivity (Wildman–Crippen MR) is 175 cm³/mol. The molecule has 0 unspecified atom stereocenters. The van der Waals surface area contributed by atoms with Gasteiger partial charge in [0.2, 0.25) is 5.91 Å². The number of aromatic nitrogens is 2. The molecule has 2 aromatic heterocycles. The number of hydrogen-bond acceptors (Lipinski definition) is 6. The van der Waals surface area contributed by atoms with Gasteiger partial charge in [-0.15, -0.1) is 6.42 Å². The molecule has 0 radical (unpaired) electrons. The second kappa shape index (κ2) is 15.2. The molecule has 1 aliphatic rings. The molecule has 256 valence electrons. The Balaban J connectivity index is 1.73. The Kier molecular flexibility index (Phi) is 11.5. The van der Waals surface area contributed by atoms with Crippen LogP contribution in [0, 0.1) is 32.1 Å². The molecule has 9 nitrogen and oxygen atoms in total. The summed E-state index contributed by atoms with van der Waals surface area (Å²) in [6, 6.07) is 5.67. The van der Waals surface area contributed by atoms with Gasteiger partial charge in [0.25, 0.3) is 5.56 Å². The van der Waals surface area contributed by atoms with E-state index in [4.69, 9.17) is 11.2 Å². The Hall–Kier alpha value is -4.47. The highest BCUT2D eigenvalue weighted by atomic mass is 19.4. The van der Waals surface area contributed by atoms with Crippen LogP contribution in [0.25, 0.3) is 11.1 Å². The van der Waals surface area contributed by atoms with Crippen molar-refractivity contribution in [3.05, 3.63) is 86.6 Å². The normalized spacial score (nSPS) is 15.1.